The Kier molecular flexibility index (Phi) is 29.0. The third kappa shape index (κ3) is 126. The summed E-state index contributed by atoms with van der Waals surface area (Å²) < 4.78 is 40.4. The summed E-state index contributed by atoms with van der Waals surface area (Å²) in [4.78, 5) is 2.76. The third-order valence-electron chi connectivity index (χ3n) is 0.553. The molecule has 0 aliphatic carbocycles. The molecule has 130 valence electrons. The molecule has 1 aliphatic rings. The first-order valence-electron chi connectivity index (χ1n) is 4.67. The van der Waals surface area contributed by atoms with Gasteiger partial charge in [0.25, 0.3) is 0 Å². The molecule has 0 spiro atoms. The zero-order valence-electron chi connectivity index (χ0n) is 10.8. The summed E-state index contributed by atoms with van der Waals surface area (Å²) >= 11 is 0. The highest BCUT2D eigenvalue weighted by atomic mass is 19.1. The van der Waals surface area contributed by atoms with Crippen LogP contribution in [0.15, 0.2) is 22.5 Å². The summed E-state index contributed by atoms with van der Waals surface area (Å²) in [5, 5.41) is 62.3. The number of nitrogens with zero attached hydrogens (tertiary/aromatic N) is 4. The van der Waals surface area contributed by atoms with Crippen LogP contribution in [0.3, 0.4) is 0 Å². The fraction of sp³-hybridized carbons (Fsp3) is 0. The number of hydrogen-bond donors (Lipinski definition) is 8. The standard InChI is InChI=1S/C3H2N4.4BFH2O2/c4-6-3-1-2-5-7-3;4*2-1(3)4/h1-2H;4*3-4H. The Morgan fingerprint density at radius 1 is 0.783 bits per heavy atom. The monoisotopic (exact) mass is 350 g/mol. The van der Waals surface area contributed by atoms with Gasteiger partial charge in [-0.25, -0.2) is 0 Å². The van der Waals surface area contributed by atoms with Crippen LogP contribution in [0.25, 0.3) is 5.53 Å². The minimum Gasteiger partial charge on any atom is -0.497 e. The molecule has 0 unspecified atom stereocenters. The second-order valence-corrected chi connectivity index (χ2v) is 2.23. The van der Waals surface area contributed by atoms with Crippen LogP contribution < -0.4 is 0 Å². The van der Waals surface area contributed by atoms with Crippen LogP contribution in [0.4, 0.5) is 17.3 Å². The van der Waals surface area contributed by atoms with Crippen LogP contribution in [-0.2, 0) is 0 Å². The van der Waals surface area contributed by atoms with E-state index in [2.05, 4.69) is 15.0 Å². The summed E-state index contributed by atoms with van der Waals surface area (Å²) in [6.45, 7) is 0. The predicted octanol–water partition coefficient (Wildman–Crippen LogP) is -3.70. The first kappa shape index (κ1) is 29.4. The molecule has 1 aliphatic heterocycles. The third-order valence-corrected chi connectivity index (χ3v) is 0.553. The van der Waals surface area contributed by atoms with E-state index in [1.165, 1.54) is 12.3 Å². The van der Waals surface area contributed by atoms with Gasteiger partial charge in [-0.2, -0.15) is 0 Å². The Balaban J connectivity index is -0.000000102. The Labute approximate surface area is 127 Å². The van der Waals surface area contributed by atoms with Crippen molar-refractivity contribution in [2.75, 3.05) is 0 Å². The Morgan fingerprint density at radius 2 is 1.04 bits per heavy atom. The molecule has 1 rings (SSSR count). The zero-order valence-corrected chi connectivity index (χ0v) is 10.8. The van der Waals surface area contributed by atoms with Gasteiger partial charge < -0.3 is 50.5 Å². The number of hydrogen-bond acceptors (Lipinski definition) is 9. The van der Waals surface area contributed by atoms with Gasteiger partial charge in [0.05, 0.1) is 17.4 Å². The van der Waals surface area contributed by atoms with Gasteiger partial charge in [0, 0.05) is 0 Å². The molecule has 0 atom stereocenters. The largest absolute Gasteiger partial charge is 0.674 e. The van der Waals surface area contributed by atoms with Crippen molar-refractivity contribution in [3.05, 3.63) is 17.8 Å². The fourth-order valence-electron chi connectivity index (χ4n) is 0.279. The minimum atomic E-state index is -2.67. The Morgan fingerprint density at radius 3 is 1.13 bits per heavy atom. The maximum absolute atomic E-state index is 10.1. The van der Waals surface area contributed by atoms with Crippen LogP contribution in [0.1, 0.15) is 0 Å². The second-order valence-electron chi connectivity index (χ2n) is 2.23. The lowest BCUT2D eigenvalue weighted by Gasteiger charge is -1.65. The average Bonchev–Trinajstić information content (AvgIpc) is 2.77. The normalized spacial score (nSPS) is 9.30. The van der Waals surface area contributed by atoms with Crippen molar-refractivity contribution in [3.8, 4) is 0 Å². The number of rotatable bonds is 0. The van der Waals surface area contributed by atoms with E-state index < -0.39 is 29.6 Å². The molecule has 0 aromatic carbocycles. The minimum absolute atomic E-state index is 0.250. The molecule has 20 heteroatoms. The molecule has 8 N–H and O–H groups in total. The first-order chi connectivity index (χ1) is 10.4. The van der Waals surface area contributed by atoms with Crippen molar-refractivity contribution in [2.24, 2.45) is 10.2 Å². The van der Waals surface area contributed by atoms with E-state index in [1.807, 2.05) is 0 Å². The molecular formula is C3H10B4F4N4O8. The van der Waals surface area contributed by atoms with Crippen molar-refractivity contribution < 1.29 is 62.2 Å². The maximum Gasteiger partial charge on any atom is 0.674 e. The predicted molar refractivity (Wildman–Crippen MR) is 67.8 cm³/mol. The van der Waals surface area contributed by atoms with Gasteiger partial charge in [0.1, 0.15) is 0 Å². The lowest BCUT2D eigenvalue weighted by Crippen LogP contribution is -1.98. The molecule has 0 amide bonds. The van der Waals surface area contributed by atoms with E-state index in [0.29, 0.717) is 0 Å². The molecule has 0 saturated carbocycles. The van der Waals surface area contributed by atoms with Gasteiger partial charge >= 0.3 is 35.4 Å². The van der Waals surface area contributed by atoms with Crippen molar-refractivity contribution in [2.45, 2.75) is 0 Å². The van der Waals surface area contributed by atoms with Crippen LogP contribution in [0, 0.1) is 0 Å². The number of azo groups is 1. The van der Waals surface area contributed by atoms with E-state index in [0.717, 1.165) is 0 Å². The number of halogens is 4. The zero-order chi connectivity index (χ0) is 19.4. The van der Waals surface area contributed by atoms with Gasteiger partial charge in [-0.1, -0.05) is 0 Å². The van der Waals surface area contributed by atoms with E-state index >= 15 is 0 Å². The molecule has 0 fully saturated rings. The van der Waals surface area contributed by atoms with Gasteiger partial charge in [-0.15, -0.1) is 0 Å². The summed E-state index contributed by atoms with van der Waals surface area (Å²) in [5.41, 5.74) is 7.95. The summed E-state index contributed by atoms with van der Waals surface area (Å²) in [6.07, 6.45) is 2.95. The topological polar surface area (TPSA) is 223 Å². The van der Waals surface area contributed by atoms with E-state index in [-0.39, 0.29) is 5.84 Å². The highest BCUT2D eigenvalue weighted by Crippen LogP contribution is 1.90. The van der Waals surface area contributed by atoms with E-state index in [1.54, 1.807) is 0 Å². The highest BCUT2D eigenvalue weighted by molar-refractivity contribution is 6.32. The fourth-order valence-corrected chi connectivity index (χ4v) is 0.279. The van der Waals surface area contributed by atoms with Gasteiger partial charge in [-0.3, -0.25) is 17.3 Å². The summed E-state index contributed by atoms with van der Waals surface area (Å²) in [7, 11) is -10.7. The quantitative estimate of drug-likeness (QED) is 0.0937. The summed E-state index contributed by atoms with van der Waals surface area (Å²) in [6, 6.07) is 0. The van der Waals surface area contributed by atoms with Crippen molar-refractivity contribution >= 4 is 35.4 Å². The van der Waals surface area contributed by atoms with Crippen LogP contribution in [0.2, 0.25) is 0 Å². The van der Waals surface area contributed by atoms with Crippen molar-refractivity contribution in [1.29, 1.82) is 0 Å². The lowest BCUT2D eigenvalue weighted by atomic mass is 10.3. The average molecular weight is 349 g/mol. The Bertz CT molecular complexity index is 307. The molecule has 1 heterocycles. The van der Waals surface area contributed by atoms with Crippen molar-refractivity contribution in [3.63, 3.8) is 0 Å². The van der Waals surface area contributed by atoms with Crippen LogP contribution in [-0.4, -0.2) is 80.4 Å². The van der Waals surface area contributed by atoms with Crippen LogP contribution in [0.5, 0.6) is 0 Å². The molecule has 0 aromatic rings. The highest BCUT2D eigenvalue weighted by Gasteiger charge is 2.04. The Hall–Kier alpha value is -1.62. The second kappa shape index (κ2) is 22.7. The van der Waals surface area contributed by atoms with E-state index in [4.69, 9.17) is 45.7 Å². The van der Waals surface area contributed by atoms with Gasteiger partial charge in [0.15, 0.2) is 0 Å². The molecule has 0 radical (unpaired) electrons. The SMILES string of the molecule is OB(O)F.OB(O)F.OB(O)F.OB(O)F.[N-]=[N+]=C1C=CN=N1. The molecular weight excluding hydrogens is 339 g/mol. The van der Waals surface area contributed by atoms with E-state index in [9.17, 15) is 17.3 Å². The van der Waals surface area contributed by atoms with Crippen molar-refractivity contribution in [1.82, 2.24) is 0 Å². The smallest absolute Gasteiger partial charge is 0.497 e. The maximum atomic E-state index is 10.1. The molecule has 0 bridgehead atoms. The lowest BCUT2D eigenvalue weighted by molar-refractivity contribution is -0.00492. The molecule has 0 saturated heterocycles. The first-order valence-corrected chi connectivity index (χ1v) is 4.67. The van der Waals surface area contributed by atoms with Gasteiger partial charge in [0.2, 0.25) is 0 Å². The molecule has 12 nitrogen and oxygen atoms in total. The molecule has 23 heavy (non-hydrogen) atoms. The van der Waals surface area contributed by atoms with Crippen LogP contribution >= 0.6 is 0 Å². The molecule has 0 aromatic heterocycles. The number of amidine groups is 1. The summed E-state index contributed by atoms with van der Waals surface area (Å²) in [5.74, 6) is 0.250. The van der Waals surface area contributed by atoms with Gasteiger partial charge in [-0.05, 0) is 5.11 Å².